The Balaban J connectivity index is 1.58. The van der Waals surface area contributed by atoms with E-state index in [1.807, 2.05) is 69.5 Å². The van der Waals surface area contributed by atoms with Crippen molar-refractivity contribution in [2.75, 3.05) is 32.2 Å². The Morgan fingerprint density at radius 1 is 1.25 bits per heavy atom. The molecule has 2 heterocycles. The van der Waals surface area contributed by atoms with Gasteiger partial charge in [-0.05, 0) is 87.1 Å². The van der Waals surface area contributed by atoms with Crippen molar-refractivity contribution in [3.63, 3.8) is 0 Å². The molecule has 44 heavy (non-hydrogen) atoms. The molecule has 1 amide bonds. The molecule has 2 aromatic carbocycles. The predicted octanol–water partition coefficient (Wildman–Crippen LogP) is 7.12. The van der Waals surface area contributed by atoms with E-state index in [0.717, 1.165) is 40.8 Å². The Hall–Kier alpha value is -4.43. The van der Waals surface area contributed by atoms with E-state index in [1.165, 1.54) is 7.11 Å². The van der Waals surface area contributed by atoms with Gasteiger partial charge in [-0.1, -0.05) is 31.2 Å². The van der Waals surface area contributed by atoms with Crippen LogP contribution in [0.2, 0.25) is 0 Å². The highest BCUT2D eigenvalue weighted by molar-refractivity contribution is 6.10. The number of hydrogen-bond acceptors (Lipinski definition) is 6. The molecule has 2 aliphatic heterocycles. The Labute approximate surface area is 260 Å². The van der Waals surface area contributed by atoms with Crippen molar-refractivity contribution in [2.45, 2.75) is 52.5 Å². The quantitative estimate of drug-likeness (QED) is 0.169. The second kappa shape index (κ2) is 14.8. The molecule has 2 aromatic rings. The smallest absolute Gasteiger partial charge is 0.252 e. The third-order valence-corrected chi connectivity index (χ3v) is 7.90. The first-order valence-electron chi connectivity index (χ1n) is 15.1. The molecule has 1 unspecified atom stereocenters. The number of benzene rings is 2. The molecule has 0 saturated heterocycles. The van der Waals surface area contributed by atoms with E-state index in [4.69, 9.17) is 14.5 Å². The highest BCUT2D eigenvalue weighted by Crippen LogP contribution is 2.41. The summed E-state index contributed by atoms with van der Waals surface area (Å²) in [6.45, 7) is 12.9. The van der Waals surface area contributed by atoms with Crippen LogP contribution < -0.4 is 20.7 Å². The zero-order valence-electron chi connectivity index (χ0n) is 26.4. The van der Waals surface area contributed by atoms with Crippen LogP contribution in [0.3, 0.4) is 0 Å². The van der Waals surface area contributed by atoms with E-state index in [2.05, 4.69) is 22.5 Å². The SMILES string of the molecule is C=CCCCOCCNC(=O)c1c(/C=C/C)cc(NC2=NC=CC=C3C(c4ccc(OC)c(C)c4F)=CNC32C)cc1CC. The van der Waals surface area contributed by atoms with Crippen LogP contribution in [0.25, 0.3) is 11.6 Å². The molecule has 232 valence electrons. The van der Waals surface area contributed by atoms with Gasteiger partial charge in [0.15, 0.2) is 0 Å². The summed E-state index contributed by atoms with van der Waals surface area (Å²) >= 11 is 0. The van der Waals surface area contributed by atoms with Gasteiger partial charge in [0.1, 0.15) is 22.9 Å². The van der Waals surface area contributed by atoms with Crippen LogP contribution in [0, 0.1) is 12.7 Å². The normalized spacial score (nSPS) is 17.3. The van der Waals surface area contributed by atoms with Crippen molar-refractivity contribution >= 4 is 29.1 Å². The van der Waals surface area contributed by atoms with E-state index < -0.39 is 5.54 Å². The fourth-order valence-corrected chi connectivity index (χ4v) is 5.52. The lowest BCUT2D eigenvalue weighted by molar-refractivity contribution is 0.0912. The summed E-state index contributed by atoms with van der Waals surface area (Å²) < 4.78 is 26.4. The number of aliphatic imine (C=N–C) groups is 1. The maximum atomic E-state index is 15.5. The van der Waals surface area contributed by atoms with Gasteiger partial charge in [-0.3, -0.25) is 4.79 Å². The van der Waals surface area contributed by atoms with E-state index in [0.29, 0.717) is 54.5 Å². The summed E-state index contributed by atoms with van der Waals surface area (Å²) in [6.07, 6.45) is 15.6. The van der Waals surface area contributed by atoms with Crippen molar-refractivity contribution in [1.82, 2.24) is 10.6 Å². The van der Waals surface area contributed by atoms with Crippen molar-refractivity contribution in [2.24, 2.45) is 4.99 Å². The number of hydrogen-bond donors (Lipinski definition) is 3. The number of amidine groups is 1. The highest BCUT2D eigenvalue weighted by Gasteiger charge is 2.41. The molecule has 0 aliphatic carbocycles. The molecule has 7 nitrogen and oxygen atoms in total. The van der Waals surface area contributed by atoms with Crippen LogP contribution in [-0.2, 0) is 11.2 Å². The standard InChI is InChI=1S/C36H43FN4O3/c1-7-10-11-19-44-20-18-38-34(42)32-25(9-3)21-27(22-26(32)13-8-2)41-35-36(5)30(14-12-17-39-35)29(23-40-36)28-15-16-31(43-6)24(4)33(28)37/h7-8,12-17,21-23,40H,1,9-11,18-20H2,2-6H3,(H,38,42)(H,39,41)/b13-8+. The maximum absolute atomic E-state index is 15.5. The van der Waals surface area contributed by atoms with Gasteiger partial charge < -0.3 is 25.4 Å². The molecule has 3 N–H and O–H groups in total. The largest absolute Gasteiger partial charge is 0.496 e. The van der Waals surface area contributed by atoms with Crippen LogP contribution in [-0.4, -0.2) is 44.2 Å². The fraction of sp³-hybridized carbons (Fsp3) is 0.333. The molecule has 1 atom stereocenters. The topological polar surface area (TPSA) is 84.0 Å². The molecule has 4 rings (SSSR count). The first-order valence-corrected chi connectivity index (χ1v) is 15.1. The lowest BCUT2D eigenvalue weighted by Crippen LogP contribution is -2.48. The van der Waals surface area contributed by atoms with Gasteiger partial charge >= 0.3 is 0 Å². The number of fused-ring (bicyclic) bond motifs is 1. The van der Waals surface area contributed by atoms with Gasteiger partial charge in [-0.2, -0.15) is 0 Å². The van der Waals surface area contributed by atoms with Gasteiger partial charge in [0.25, 0.3) is 5.91 Å². The number of anilines is 1. The zero-order chi connectivity index (χ0) is 31.7. The summed E-state index contributed by atoms with van der Waals surface area (Å²) in [5.74, 6) is 0.700. The lowest BCUT2D eigenvalue weighted by Gasteiger charge is -2.30. The minimum atomic E-state index is -0.756. The van der Waals surface area contributed by atoms with E-state index in [1.54, 1.807) is 25.3 Å². The average Bonchev–Trinajstić information content (AvgIpc) is 3.26. The fourth-order valence-electron chi connectivity index (χ4n) is 5.52. The predicted molar refractivity (Wildman–Crippen MR) is 179 cm³/mol. The molecule has 0 spiro atoms. The van der Waals surface area contributed by atoms with E-state index in [-0.39, 0.29) is 11.7 Å². The molecule has 0 radical (unpaired) electrons. The number of carbonyl (C=O) groups excluding carboxylic acids is 1. The molecule has 8 heteroatoms. The van der Waals surface area contributed by atoms with Gasteiger partial charge in [0.2, 0.25) is 0 Å². The number of unbranched alkanes of at least 4 members (excludes halogenated alkanes) is 1. The molecule has 0 bridgehead atoms. The monoisotopic (exact) mass is 598 g/mol. The third-order valence-electron chi connectivity index (χ3n) is 7.90. The number of ether oxygens (including phenoxy) is 2. The summed E-state index contributed by atoms with van der Waals surface area (Å²) in [5.41, 5.74) is 4.98. The number of nitrogens with one attached hydrogen (secondary N) is 3. The van der Waals surface area contributed by atoms with E-state index >= 15 is 4.39 Å². The Morgan fingerprint density at radius 3 is 2.80 bits per heavy atom. The number of aryl methyl sites for hydroxylation is 1. The van der Waals surface area contributed by atoms with Crippen molar-refractivity contribution in [3.05, 3.63) is 107 Å². The highest BCUT2D eigenvalue weighted by atomic mass is 19.1. The lowest BCUT2D eigenvalue weighted by atomic mass is 9.85. The first-order chi connectivity index (χ1) is 21.3. The van der Waals surface area contributed by atoms with Crippen LogP contribution in [0.15, 0.2) is 78.1 Å². The Kier molecular flexibility index (Phi) is 11.0. The minimum Gasteiger partial charge on any atom is -0.496 e. The van der Waals surface area contributed by atoms with Crippen LogP contribution in [0.5, 0.6) is 5.75 Å². The third kappa shape index (κ3) is 6.86. The number of rotatable bonds is 13. The molecule has 2 aliphatic rings. The van der Waals surface area contributed by atoms with Crippen molar-refractivity contribution in [3.8, 4) is 5.75 Å². The van der Waals surface area contributed by atoms with Crippen molar-refractivity contribution < 1.29 is 18.7 Å². The number of methoxy groups -OCH3 is 1. The van der Waals surface area contributed by atoms with Gasteiger partial charge in [-0.25, -0.2) is 9.38 Å². The summed E-state index contributed by atoms with van der Waals surface area (Å²) in [6, 6.07) is 7.48. The second-order valence-corrected chi connectivity index (χ2v) is 10.9. The molecule has 0 fully saturated rings. The van der Waals surface area contributed by atoms with Gasteiger partial charge in [-0.15, -0.1) is 6.58 Å². The number of carbonyl (C=O) groups is 1. The molecule has 0 saturated carbocycles. The van der Waals surface area contributed by atoms with Crippen LogP contribution >= 0.6 is 0 Å². The molecular formula is C36H43FN4O3. The number of amides is 1. The number of allylic oxidation sites excluding steroid dienone is 4. The maximum Gasteiger partial charge on any atom is 0.252 e. The zero-order valence-corrected chi connectivity index (χ0v) is 26.4. The van der Waals surface area contributed by atoms with Crippen molar-refractivity contribution in [1.29, 1.82) is 0 Å². The average molecular weight is 599 g/mol. The van der Waals surface area contributed by atoms with Gasteiger partial charge in [0, 0.05) is 53.5 Å². The second-order valence-electron chi connectivity index (χ2n) is 10.9. The summed E-state index contributed by atoms with van der Waals surface area (Å²) in [4.78, 5) is 18.1. The summed E-state index contributed by atoms with van der Waals surface area (Å²) in [7, 11) is 1.54. The Morgan fingerprint density at radius 2 is 2.07 bits per heavy atom. The first kappa shape index (κ1) is 32.5. The summed E-state index contributed by atoms with van der Waals surface area (Å²) in [5, 5.41) is 9.99. The van der Waals surface area contributed by atoms with E-state index in [9.17, 15) is 4.79 Å². The van der Waals surface area contributed by atoms with Gasteiger partial charge in [0.05, 0.1) is 13.7 Å². The number of nitrogens with zero attached hydrogens (tertiary/aromatic N) is 1. The van der Waals surface area contributed by atoms with Crippen LogP contribution in [0.1, 0.15) is 66.2 Å². The Bertz CT molecular complexity index is 1550. The number of halogens is 1. The molecule has 0 aromatic heterocycles. The molecular weight excluding hydrogens is 555 g/mol. The van der Waals surface area contributed by atoms with Crippen LogP contribution in [0.4, 0.5) is 10.1 Å². The minimum absolute atomic E-state index is 0.133.